The molecule has 2 aromatic heterocycles. The lowest BCUT2D eigenvalue weighted by Crippen LogP contribution is -2.33. The molecular formula is C17H17ClN6O8S. The Balaban J connectivity index is 1.72. The van der Waals surface area contributed by atoms with Gasteiger partial charge in [0.15, 0.2) is 17.7 Å². The van der Waals surface area contributed by atoms with Crippen LogP contribution in [0.15, 0.2) is 29.7 Å². The number of hydrogen-bond acceptors (Lipinski definition) is 12. The Morgan fingerprint density at radius 3 is 2.67 bits per heavy atom. The van der Waals surface area contributed by atoms with E-state index in [1.54, 1.807) is 4.72 Å². The molecule has 0 saturated carbocycles. The largest absolute Gasteiger partial charge is 0.507 e. The summed E-state index contributed by atoms with van der Waals surface area (Å²) in [7, 11) is -4.70. The highest BCUT2D eigenvalue weighted by molar-refractivity contribution is 7.89. The van der Waals surface area contributed by atoms with Crippen LogP contribution in [0.3, 0.4) is 0 Å². The number of aromatic hydroxyl groups is 1. The Morgan fingerprint density at radius 2 is 2.00 bits per heavy atom. The van der Waals surface area contributed by atoms with Gasteiger partial charge in [0.05, 0.1) is 18.5 Å². The van der Waals surface area contributed by atoms with E-state index in [4.69, 9.17) is 22.1 Å². The number of aliphatic hydroxyl groups is 3. The number of aromatic nitrogens is 4. The molecule has 1 fully saturated rings. The number of carbonyl (C=O) groups is 1. The van der Waals surface area contributed by atoms with Crippen LogP contribution < -0.4 is 10.5 Å². The number of phenols is 1. The molecule has 1 saturated heterocycles. The fraction of sp³-hybridized carbons (Fsp3) is 0.294. The van der Waals surface area contributed by atoms with Gasteiger partial charge in [-0.3, -0.25) is 9.36 Å². The Bertz CT molecular complexity index is 1350. The standard InChI is InChI=1S/C17H17ClN6O8S/c18-6-1-2-8(26)7(3-6)15(29)23-33(30,31)17-21-13(19)10-14(22-17)24(5-20-10)16-12(28)11(27)9(4-25)32-16/h1-3,5,9,11-12,16,25-28H,4H2,(H,23,29)(H2,19,21,22)/t9-,11?,12?,16-/m1/s1. The predicted molar refractivity (Wildman–Crippen MR) is 111 cm³/mol. The van der Waals surface area contributed by atoms with E-state index in [1.807, 2.05) is 0 Å². The van der Waals surface area contributed by atoms with Crippen LogP contribution >= 0.6 is 11.6 Å². The van der Waals surface area contributed by atoms with Crippen molar-refractivity contribution in [2.75, 3.05) is 12.3 Å². The minimum absolute atomic E-state index is 0.0366. The van der Waals surface area contributed by atoms with Gasteiger partial charge in [-0.25, -0.2) is 9.71 Å². The van der Waals surface area contributed by atoms with Gasteiger partial charge < -0.3 is 30.9 Å². The molecule has 2 unspecified atom stereocenters. The van der Waals surface area contributed by atoms with E-state index in [2.05, 4.69) is 15.0 Å². The van der Waals surface area contributed by atoms with Crippen molar-refractivity contribution in [2.45, 2.75) is 29.7 Å². The van der Waals surface area contributed by atoms with Gasteiger partial charge in [0.1, 0.15) is 29.6 Å². The lowest BCUT2D eigenvalue weighted by Gasteiger charge is -2.16. The number of hydrogen-bond donors (Lipinski definition) is 6. The smallest absolute Gasteiger partial charge is 0.300 e. The number of imidazole rings is 1. The fourth-order valence-electron chi connectivity index (χ4n) is 3.25. The average molecular weight is 501 g/mol. The molecule has 1 amide bonds. The Kier molecular flexibility index (Phi) is 5.85. The van der Waals surface area contributed by atoms with Crippen LogP contribution in [-0.2, 0) is 14.8 Å². The third-order valence-corrected chi connectivity index (χ3v) is 6.24. The van der Waals surface area contributed by atoms with E-state index in [-0.39, 0.29) is 22.0 Å². The van der Waals surface area contributed by atoms with Gasteiger partial charge in [-0.2, -0.15) is 18.4 Å². The monoisotopic (exact) mass is 500 g/mol. The quantitative estimate of drug-likeness (QED) is 0.220. The first-order chi connectivity index (χ1) is 15.5. The highest BCUT2D eigenvalue weighted by atomic mass is 35.5. The molecular weight excluding hydrogens is 484 g/mol. The van der Waals surface area contributed by atoms with Crippen molar-refractivity contribution in [3.8, 4) is 5.75 Å². The van der Waals surface area contributed by atoms with Crippen molar-refractivity contribution in [3.63, 3.8) is 0 Å². The molecule has 16 heteroatoms. The maximum absolute atomic E-state index is 12.8. The van der Waals surface area contributed by atoms with Crippen LogP contribution in [0, 0.1) is 0 Å². The van der Waals surface area contributed by atoms with Crippen molar-refractivity contribution in [1.82, 2.24) is 24.2 Å². The molecule has 0 radical (unpaired) electrons. The first kappa shape index (κ1) is 23.1. The lowest BCUT2D eigenvalue weighted by molar-refractivity contribution is -0.0511. The number of aliphatic hydroxyl groups excluding tert-OH is 3. The first-order valence-electron chi connectivity index (χ1n) is 9.21. The number of nitrogens with zero attached hydrogens (tertiary/aromatic N) is 4. The number of nitrogens with two attached hydrogens (primary N) is 1. The maximum atomic E-state index is 12.8. The number of halogens is 1. The van der Waals surface area contributed by atoms with E-state index in [0.717, 1.165) is 23.0 Å². The third-order valence-electron chi connectivity index (χ3n) is 4.89. The molecule has 1 aliphatic rings. The Morgan fingerprint density at radius 1 is 1.27 bits per heavy atom. The molecule has 0 spiro atoms. The van der Waals surface area contributed by atoms with E-state index >= 15 is 0 Å². The average Bonchev–Trinajstić information content (AvgIpc) is 3.31. The summed E-state index contributed by atoms with van der Waals surface area (Å²) in [6, 6.07) is 3.49. The third kappa shape index (κ3) is 4.05. The molecule has 1 aliphatic heterocycles. The minimum Gasteiger partial charge on any atom is -0.507 e. The summed E-state index contributed by atoms with van der Waals surface area (Å²) in [5.41, 5.74) is 5.19. The van der Waals surface area contributed by atoms with E-state index in [1.165, 1.54) is 6.07 Å². The molecule has 7 N–H and O–H groups in total. The van der Waals surface area contributed by atoms with Gasteiger partial charge in [-0.05, 0) is 18.2 Å². The number of phenolic OH excluding ortho intramolecular Hbond substituents is 1. The van der Waals surface area contributed by atoms with Crippen molar-refractivity contribution < 1.29 is 38.4 Å². The number of fused-ring (bicyclic) bond motifs is 1. The van der Waals surface area contributed by atoms with Crippen LogP contribution in [-0.4, -0.2) is 79.2 Å². The predicted octanol–water partition coefficient (Wildman–Crippen LogP) is -1.50. The van der Waals surface area contributed by atoms with Crippen LogP contribution in [0.5, 0.6) is 5.75 Å². The van der Waals surface area contributed by atoms with Gasteiger partial charge in [0.25, 0.3) is 21.1 Å². The van der Waals surface area contributed by atoms with Crippen LogP contribution in [0.2, 0.25) is 5.02 Å². The molecule has 0 bridgehead atoms. The normalized spacial score (nSPS) is 23.2. The van der Waals surface area contributed by atoms with Crippen LogP contribution in [0.4, 0.5) is 5.82 Å². The van der Waals surface area contributed by atoms with Gasteiger partial charge in [0, 0.05) is 5.02 Å². The van der Waals surface area contributed by atoms with E-state index in [9.17, 15) is 33.6 Å². The zero-order valence-corrected chi connectivity index (χ0v) is 18.0. The summed E-state index contributed by atoms with van der Waals surface area (Å²) >= 11 is 5.79. The number of amides is 1. The van der Waals surface area contributed by atoms with Gasteiger partial charge in [-0.1, -0.05) is 11.6 Å². The number of ether oxygens (including phenoxy) is 1. The van der Waals surface area contributed by atoms with Gasteiger partial charge in [-0.15, -0.1) is 0 Å². The number of anilines is 1. The summed E-state index contributed by atoms with van der Waals surface area (Å²) in [6.07, 6.45) is -4.17. The number of benzene rings is 1. The molecule has 0 aliphatic carbocycles. The number of nitrogens with one attached hydrogen (secondary N) is 1. The minimum atomic E-state index is -4.70. The number of carbonyl (C=O) groups excluding carboxylic acids is 1. The van der Waals surface area contributed by atoms with Crippen molar-refractivity contribution in [2.24, 2.45) is 0 Å². The topological polar surface area (TPSA) is 223 Å². The van der Waals surface area contributed by atoms with Crippen molar-refractivity contribution in [3.05, 3.63) is 35.1 Å². The van der Waals surface area contributed by atoms with Crippen LogP contribution in [0.25, 0.3) is 11.2 Å². The number of sulfonamides is 1. The molecule has 176 valence electrons. The van der Waals surface area contributed by atoms with Crippen LogP contribution in [0.1, 0.15) is 16.6 Å². The summed E-state index contributed by atoms with van der Waals surface area (Å²) in [4.78, 5) is 23.9. The molecule has 14 nitrogen and oxygen atoms in total. The maximum Gasteiger partial charge on any atom is 0.300 e. The van der Waals surface area contributed by atoms with Crippen molar-refractivity contribution in [1.29, 1.82) is 0 Å². The highest BCUT2D eigenvalue weighted by Gasteiger charge is 2.44. The first-order valence-corrected chi connectivity index (χ1v) is 11.1. The van der Waals surface area contributed by atoms with E-state index in [0.29, 0.717) is 0 Å². The fourth-order valence-corrected chi connectivity index (χ4v) is 4.29. The lowest BCUT2D eigenvalue weighted by atomic mass is 10.1. The number of rotatable bonds is 5. The Labute approximate surface area is 190 Å². The summed E-state index contributed by atoms with van der Waals surface area (Å²) in [6.45, 7) is -0.583. The molecule has 1 aromatic carbocycles. The Hall–Kier alpha value is -3.08. The second-order valence-electron chi connectivity index (χ2n) is 7.04. The van der Waals surface area contributed by atoms with Gasteiger partial charge >= 0.3 is 0 Å². The van der Waals surface area contributed by atoms with Gasteiger partial charge in [0.2, 0.25) is 0 Å². The SMILES string of the molecule is Nc1nc(S(=O)(=O)NC(=O)c2cc(Cl)ccc2O)nc2c1ncn2[C@@H]1O[C@H](CO)C(O)C1O. The van der Waals surface area contributed by atoms with Crippen molar-refractivity contribution >= 4 is 44.5 Å². The zero-order chi connectivity index (χ0) is 24.1. The summed E-state index contributed by atoms with van der Waals surface area (Å²) in [5.74, 6) is -2.07. The molecule has 4 rings (SSSR count). The molecule has 3 aromatic rings. The van der Waals surface area contributed by atoms with E-state index < -0.39 is 63.5 Å². The zero-order valence-electron chi connectivity index (χ0n) is 16.4. The summed E-state index contributed by atoms with van der Waals surface area (Å²) < 4.78 is 33.8. The molecule has 4 atom stereocenters. The molecule has 3 heterocycles. The highest BCUT2D eigenvalue weighted by Crippen LogP contribution is 2.32. The molecule has 33 heavy (non-hydrogen) atoms. The number of nitrogen functional groups attached to an aromatic ring is 1. The second kappa shape index (κ2) is 8.36. The second-order valence-corrected chi connectivity index (χ2v) is 9.05. The summed E-state index contributed by atoms with van der Waals surface area (Å²) in [5, 5.41) is 38.5.